The molecule has 5 heteroatoms. The van der Waals surface area contributed by atoms with Gasteiger partial charge in [-0.1, -0.05) is 72.5 Å². The number of aldehydes is 1. The summed E-state index contributed by atoms with van der Waals surface area (Å²) >= 11 is 6.71. The van der Waals surface area contributed by atoms with Crippen molar-refractivity contribution in [1.29, 1.82) is 0 Å². The number of thiocarbonyl (C=S) groups is 1. The second kappa shape index (κ2) is 8.95. The van der Waals surface area contributed by atoms with Crippen molar-refractivity contribution in [2.75, 3.05) is 4.90 Å². The molecule has 2 aromatic rings. The van der Waals surface area contributed by atoms with E-state index in [4.69, 9.17) is 12.2 Å². The van der Waals surface area contributed by atoms with Crippen LogP contribution in [-0.2, 0) is 9.59 Å². The normalized spacial score (nSPS) is 16.8. The molecule has 3 rings (SSSR count). The molecule has 0 spiro atoms. The van der Waals surface area contributed by atoms with E-state index in [1.54, 1.807) is 11.8 Å². The molecule has 3 nitrogen and oxygen atoms in total. The van der Waals surface area contributed by atoms with Gasteiger partial charge in [0.2, 0.25) is 0 Å². The van der Waals surface area contributed by atoms with E-state index in [9.17, 15) is 9.59 Å². The van der Waals surface area contributed by atoms with E-state index < -0.39 is 0 Å². The van der Waals surface area contributed by atoms with Crippen LogP contribution in [0.2, 0.25) is 0 Å². The smallest absolute Gasteiger partial charge is 0.270 e. The number of nitrogens with zero attached hydrogens (tertiary/aromatic N) is 1. The molecule has 1 aliphatic rings. The monoisotopic (exact) mass is 405 g/mol. The first-order valence-electron chi connectivity index (χ1n) is 8.73. The maximum atomic E-state index is 12.8. The molecule has 1 aliphatic heterocycles. The average Bonchev–Trinajstić information content (AvgIpc) is 2.97. The van der Waals surface area contributed by atoms with E-state index in [2.05, 4.69) is 0 Å². The summed E-state index contributed by atoms with van der Waals surface area (Å²) in [6.45, 7) is 3.73. The van der Waals surface area contributed by atoms with Crippen molar-refractivity contribution in [1.82, 2.24) is 0 Å². The highest BCUT2D eigenvalue weighted by Crippen LogP contribution is 2.35. The third-order valence-corrected chi connectivity index (χ3v) is 5.38. The molecule has 0 aromatic heterocycles. The van der Waals surface area contributed by atoms with Crippen molar-refractivity contribution in [3.05, 3.63) is 87.9 Å². The van der Waals surface area contributed by atoms with Gasteiger partial charge in [0, 0.05) is 0 Å². The Labute approximate surface area is 174 Å². The fourth-order valence-electron chi connectivity index (χ4n) is 2.76. The van der Waals surface area contributed by atoms with Gasteiger partial charge in [-0.3, -0.25) is 14.5 Å². The van der Waals surface area contributed by atoms with Gasteiger partial charge in [-0.15, -0.1) is 0 Å². The summed E-state index contributed by atoms with van der Waals surface area (Å²) in [4.78, 5) is 25.7. The molecule has 1 fully saturated rings. The van der Waals surface area contributed by atoms with Crippen LogP contribution in [0.5, 0.6) is 0 Å². The van der Waals surface area contributed by atoms with Crippen LogP contribution in [0.4, 0.5) is 5.69 Å². The average molecular weight is 406 g/mol. The zero-order valence-electron chi connectivity index (χ0n) is 15.6. The first kappa shape index (κ1) is 20.0. The molecule has 0 saturated carbocycles. The van der Waals surface area contributed by atoms with Crippen molar-refractivity contribution < 1.29 is 9.59 Å². The number of hydrogen-bond acceptors (Lipinski definition) is 4. The summed E-state index contributed by atoms with van der Waals surface area (Å²) in [6, 6.07) is 17.3. The topological polar surface area (TPSA) is 37.4 Å². The van der Waals surface area contributed by atoms with Gasteiger partial charge in [-0.05, 0) is 60.4 Å². The van der Waals surface area contributed by atoms with E-state index >= 15 is 0 Å². The van der Waals surface area contributed by atoms with Crippen LogP contribution in [0.3, 0.4) is 0 Å². The summed E-state index contributed by atoms with van der Waals surface area (Å²) in [5.41, 5.74) is 4.42. The number of thioether (sulfide) groups is 1. The predicted octanol–water partition coefficient (Wildman–Crippen LogP) is 5.64. The summed E-state index contributed by atoms with van der Waals surface area (Å²) in [5, 5.41) is 0. The number of allylic oxidation sites excluding steroid dienone is 3. The van der Waals surface area contributed by atoms with E-state index in [-0.39, 0.29) is 5.91 Å². The molecule has 1 heterocycles. The molecular weight excluding hydrogens is 386 g/mol. The summed E-state index contributed by atoms with van der Waals surface area (Å²) in [5.74, 6) is -0.0984. The molecule has 0 bridgehead atoms. The number of benzene rings is 2. The fraction of sp³-hybridized carbons (Fsp3) is 0.0870. The maximum Gasteiger partial charge on any atom is 0.270 e. The zero-order chi connectivity index (χ0) is 20.1. The van der Waals surface area contributed by atoms with E-state index in [0.717, 1.165) is 28.7 Å². The first-order chi connectivity index (χ1) is 13.5. The van der Waals surface area contributed by atoms with Gasteiger partial charge in [0.15, 0.2) is 4.32 Å². The largest absolute Gasteiger partial charge is 0.298 e. The summed E-state index contributed by atoms with van der Waals surface area (Å²) < 4.78 is 0.539. The summed E-state index contributed by atoms with van der Waals surface area (Å²) in [7, 11) is 0. The van der Waals surface area contributed by atoms with Gasteiger partial charge < -0.3 is 0 Å². The molecule has 0 unspecified atom stereocenters. The van der Waals surface area contributed by atoms with Gasteiger partial charge in [-0.25, -0.2) is 0 Å². The minimum absolute atomic E-state index is 0.0984. The fourth-order valence-corrected chi connectivity index (χ4v) is 4.11. The molecule has 140 valence electrons. The Morgan fingerprint density at radius 2 is 1.50 bits per heavy atom. The predicted molar refractivity (Wildman–Crippen MR) is 122 cm³/mol. The lowest BCUT2D eigenvalue weighted by atomic mass is 10.1. The lowest BCUT2D eigenvalue weighted by Gasteiger charge is -2.13. The molecule has 1 amide bonds. The SMILES string of the molecule is C/C(C=O)=C\c1ccc(/C=C(C)/C=C2/SC(=S)N(c3ccccc3)C2=O)cc1. The highest BCUT2D eigenvalue weighted by atomic mass is 32.2. The summed E-state index contributed by atoms with van der Waals surface area (Å²) in [6.07, 6.45) is 6.55. The highest BCUT2D eigenvalue weighted by molar-refractivity contribution is 8.27. The first-order valence-corrected chi connectivity index (χ1v) is 9.95. The van der Waals surface area contributed by atoms with Gasteiger partial charge >= 0.3 is 0 Å². The molecule has 0 radical (unpaired) electrons. The molecule has 0 aliphatic carbocycles. The maximum absolute atomic E-state index is 12.8. The van der Waals surface area contributed by atoms with E-state index in [1.165, 1.54) is 11.8 Å². The molecule has 1 saturated heterocycles. The quantitative estimate of drug-likeness (QED) is 0.366. The number of anilines is 1. The Kier molecular flexibility index (Phi) is 6.39. The minimum Gasteiger partial charge on any atom is -0.298 e. The number of hydrogen-bond donors (Lipinski definition) is 0. The van der Waals surface area contributed by atoms with Crippen LogP contribution < -0.4 is 4.90 Å². The van der Waals surface area contributed by atoms with Crippen LogP contribution in [-0.4, -0.2) is 16.5 Å². The van der Waals surface area contributed by atoms with Crippen molar-refractivity contribution in [2.24, 2.45) is 0 Å². The molecule has 0 atom stereocenters. The Hall–Kier alpha value is -2.76. The Morgan fingerprint density at radius 3 is 2.07 bits per heavy atom. The second-order valence-electron chi connectivity index (χ2n) is 6.41. The van der Waals surface area contributed by atoms with E-state index in [1.807, 2.05) is 79.7 Å². The Morgan fingerprint density at radius 1 is 0.929 bits per heavy atom. The number of para-hydroxylation sites is 1. The minimum atomic E-state index is -0.0984. The lowest BCUT2D eigenvalue weighted by molar-refractivity contribution is -0.113. The van der Waals surface area contributed by atoms with E-state index in [0.29, 0.717) is 14.8 Å². The Bertz CT molecular complexity index is 1000. The number of carbonyl (C=O) groups excluding carboxylic acids is 2. The number of amides is 1. The molecule has 2 aromatic carbocycles. The third-order valence-electron chi connectivity index (χ3n) is 4.08. The van der Waals surface area contributed by atoms with Crippen LogP contribution in [0.25, 0.3) is 12.2 Å². The van der Waals surface area contributed by atoms with Crippen LogP contribution in [0.1, 0.15) is 25.0 Å². The second-order valence-corrected chi connectivity index (χ2v) is 8.09. The van der Waals surface area contributed by atoms with Gasteiger partial charge in [0.05, 0.1) is 10.6 Å². The standard InChI is InChI=1S/C23H19NO2S2/c1-16(12-18-8-10-19(11-9-18)13-17(2)15-25)14-21-22(26)24(23(27)28-21)20-6-4-3-5-7-20/h3-15H,1-2H3/b16-12+,17-13+,21-14+. The molecular formula is C23H19NO2S2. The lowest BCUT2D eigenvalue weighted by Crippen LogP contribution is -2.27. The van der Waals surface area contributed by atoms with Gasteiger partial charge in [0.25, 0.3) is 5.91 Å². The van der Waals surface area contributed by atoms with Crippen molar-refractivity contribution in [3.63, 3.8) is 0 Å². The van der Waals surface area contributed by atoms with Crippen LogP contribution in [0.15, 0.2) is 76.7 Å². The third kappa shape index (κ3) is 4.74. The van der Waals surface area contributed by atoms with Crippen LogP contribution >= 0.6 is 24.0 Å². The molecule has 0 N–H and O–H groups in total. The van der Waals surface area contributed by atoms with Crippen molar-refractivity contribution in [3.8, 4) is 0 Å². The van der Waals surface area contributed by atoms with Crippen LogP contribution in [0, 0.1) is 0 Å². The Balaban J connectivity index is 1.79. The number of rotatable bonds is 5. The molecule has 28 heavy (non-hydrogen) atoms. The van der Waals surface area contributed by atoms with Crippen molar-refractivity contribution in [2.45, 2.75) is 13.8 Å². The van der Waals surface area contributed by atoms with Gasteiger partial charge in [-0.2, -0.15) is 0 Å². The number of carbonyl (C=O) groups is 2. The zero-order valence-corrected chi connectivity index (χ0v) is 17.2. The van der Waals surface area contributed by atoms with Gasteiger partial charge in [0.1, 0.15) is 6.29 Å². The highest BCUT2D eigenvalue weighted by Gasteiger charge is 2.33. The van der Waals surface area contributed by atoms with Crippen molar-refractivity contribution >= 4 is 58.3 Å².